The molecule has 0 aliphatic carbocycles. The summed E-state index contributed by atoms with van der Waals surface area (Å²) in [7, 11) is 0. The molecule has 2 atom stereocenters. The molecule has 84 valence electrons. The van der Waals surface area contributed by atoms with Crippen LogP contribution in [0.15, 0.2) is 0 Å². The molecular formula is C10H14O5. The minimum atomic E-state index is -1.03. The minimum Gasteiger partial charge on any atom is -0.478 e. The molecule has 0 amide bonds. The van der Waals surface area contributed by atoms with Crippen LogP contribution in [0, 0.1) is 11.8 Å². The predicted molar refractivity (Wildman–Crippen MR) is 49.2 cm³/mol. The molecule has 5 heteroatoms. The Labute approximate surface area is 87.4 Å². The lowest BCUT2D eigenvalue weighted by Crippen LogP contribution is -2.34. The van der Waals surface area contributed by atoms with Gasteiger partial charge < -0.3 is 14.6 Å². The van der Waals surface area contributed by atoms with Gasteiger partial charge in [0.2, 0.25) is 6.10 Å². The number of hydrogen-bond acceptors (Lipinski definition) is 4. The Kier molecular flexibility index (Phi) is 2.90. The zero-order valence-electron chi connectivity index (χ0n) is 8.35. The Balaban J connectivity index is 2.05. The van der Waals surface area contributed by atoms with Crippen molar-refractivity contribution in [3.63, 3.8) is 0 Å². The first kappa shape index (κ1) is 10.4. The van der Waals surface area contributed by atoms with Gasteiger partial charge in [-0.25, -0.2) is 4.79 Å². The van der Waals surface area contributed by atoms with Crippen LogP contribution in [0.1, 0.15) is 19.3 Å². The molecule has 0 aromatic rings. The SMILES string of the molecule is O=C1CC(C2CCOCC2)C(C(=O)O)O1. The van der Waals surface area contributed by atoms with Crippen molar-refractivity contribution in [2.24, 2.45) is 11.8 Å². The second-order valence-electron chi connectivity index (χ2n) is 4.07. The molecule has 0 saturated carbocycles. The quantitative estimate of drug-likeness (QED) is 0.675. The third kappa shape index (κ3) is 2.12. The molecule has 15 heavy (non-hydrogen) atoms. The van der Waals surface area contributed by atoms with Gasteiger partial charge in [0.25, 0.3) is 0 Å². The van der Waals surface area contributed by atoms with E-state index in [1.807, 2.05) is 0 Å². The monoisotopic (exact) mass is 214 g/mol. The highest BCUT2D eigenvalue weighted by Gasteiger charge is 2.44. The Morgan fingerprint density at radius 1 is 1.33 bits per heavy atom. The van der Waals surface area contributed by atoms with Crippen LogP contribution >= 0.6 is 0 Å². The topological polar surface area (TPSA) is 72.8 Å². The maximum atomic E-state index is 11.1. The van der Waals surface area contributed by atoms with Crippen LogP contribution in [0.5, 0.6) is 0 Å². The number of aliphatic carboxylic acids is 1. The molecule has 0 radical (unpaired) electrons. The van der Waals surface area contributed by atoms with E-state index < -0.39 is 12.1 Å². The Hall–Kier alpha value is -1.10. The van der Waals surface area contributed by atoms with E-state index in [0.717, 1.165) is 12.8 Å². The second kappa shape index (κ2) is 4.18. The smallest absolute Gasteiger partial charge is 0.345 e. The summed E-state index contributed by atoms with van der Waals surface area (Å²) in [6.45, 7) is 1.31. The summed E-state index contributed by atoms with van der Waals surface area (Å²) in [4.78, 5) is 22.0. The minimum absolute atomic E-state index is 0.168. The number of carbonyl (C=O) groups is 2. The molecule has 2 aliphatic heterocycles. The summed E-state index contributed by atoms with van der Waals surface area (Å²) >= 11 is 0. The van der Waals surface area contributed by atoms with E-state index in [1.165, 1.54) is 0 Å². The van der Waals surface area contributed by atoms with Crippen molar-refractivity contribution in [2.45, 2.75) is 25.4 Å². The zero-order chi connectivity index (χ0) is 10.8. The highest BCUT2D eigenvalue weighted by molar-refractivity contribution is 5.82. The fraction of sp³-hybridized carbons (Fsp3) is 0.800. The second-order valence-corrected chi connectivity index (χ2v) is 4.07. The number of rotatable bonds is 2. The fourth-order valence-corrected chi connectivity index (χ4v) is 2.37. The molecular weight excluding hydrogens is 200 g/mol. The van der Waals surface area contributed by atoms with E-state index in [0.29, 0.717) is 13.2 Å². The number of esters is 1. The van der Waals surface area contributed by atoms with Crippen LogP contribution in [-0.2, 0) is 19.1 Å². The van der Waals surface area contributed by atoms with Gasteiger partial charge in [0.1, 0.15) is 0 Å². The Morgan fingerprint density at radius 3 is 2.60 bits per heavy atom. The number of cyclic esters (lactones) is 1. The van der Waals surface area contributed by atoms with Gasteiger partial charge in [0, 0.05) is 19.1 Å². The summed E-state index contributed by atoms with van der Waals surface area (Å²) in [6.07, 6.45) is 0.943. The molecule has 1 N–H and O–H groups in total. The molecule has 2 unspecified atom stereocenters. The number of ether oxygens (including phenoxy) is 2. The fourth-order valence-electron chi connectivity index (χ4n) is 2.37. The largest absolute Gasteiger partial charge is 0.478 e. The maximum Gasteiger partial charge on any atom is 0.345 e. The molecule has 0 aromatic carbocycles. The lowest BCUT2D eigenvalue weighted by atomic mass is 9.81. The number of carbonyl (C=O) groups excluding carboxylic acids is 1. The molecule has 0 bridgehead atoms. The van der Waals surface area contributed by atoms with E-state index in [2.05, 4.69) is 0 Å². The first-order valence-electron chi connectivity index (χ1n) is 5.18. The highest BCUT2D eigenvalue weighted by Crippen LogP contribution is 2.34. The summed E-state index contributed by atoms with van der Waals surface area (Å²) in [5, 5.41) is 8.92. The standard InChI is InChI=1S/C10H14O5/c11-8-5-7(9(15-8)10(12)13)6-1-3-14-4-2-6/h6-7,9H,1-5H2,(H,12,13). The first-order chi connectivity index (χ1) is 7.18. The van der Waals surface area contributed by atoms with E-state index in [9.17, 15) is 9.59 Å². The summed E-state index contributed by atoms with van der Waals surface area (Å²) < 4.78 is 10.0. The van der Waals surface area contributed by atoms with Crippen LogP contribution in [0.2, 0.25) is 0 Å². The third-order valence-electron chi connectivity index (χ3n) is 3.16. The van der Waals surface area contributed by atoms with Crippen LogP contribution in [0.4, 0.5) is 0 Å². The average molecular weight is 214 g/mol. The predicted octanol–water partition coefficient (Wildman–Crippen LogP) is 0.429. The summed E-state index contributed by atoms with van der Waals surface area (Å²) in [5.74, 6) is -1.35. The van der Waals surface area contributed by atoms with Gasteiger partial charge in [-0.3, -0.25) is 4.79 Å². The summed E-state index contributed by atoms with van der Waals surface area (Å²) in [5.41, 5.74) is 0. The van der Waals surface area contributed by atoms with Crippen molar-refractivity contribution < 1.29 is 24.2 Å². The van der Waals surface area contributed by atoms with Crippen LogP contribution < -0.4 is 0 Å². The van der Waals surface area contributed by atoms with Crippen LogP contribution in [0.25, 0.3) is 0 Å². The van der Waals surface area contributed by atoms with Crippen LogP contribution in [0.3, 0.4) is 0 Å². The first-order valence-corrected chi connectivity index (χ1v) is 5.18. The number of carboxylic acid groups (broad SMARTS) is 1. The highest BCUT2D eigenvalue weighted by atomic mass is 16.6. The number of carboxylic acids is 1. The average Bonchev–Trinajstić information content (AvgIpc) is 2.62. The van der Waals surface area contributed by atoms with E-state index >= 15 is 0 Å². The Morgan fingerprint density at radius 2 is 2.00 bits per heavy atom. The Bertz CT molecular complexity index is 269. The van der Waals surface area contributed by atoms with Gasteiger partial charge in [-0.15, -0.1) is 0 Å². The maximum absolute atomic E-state index is 11.1. The van der Waals surface area contributed by atoms with Gasteiger partial charge in [-0.1, -0.05) is 0 Å². The molecule has 5 nitrogen and oxygen atoms in total. The molecule has 0 aromatic heterocycles. The van der Waals surface area contributed by atoms with Gasteiger partial charge in [0.05, 0.1) is 6.42 Å². The summed E-state index contributed by atoms with van der Waals surface area (Å²) in [6, 6.07) is 0. The van der Waals surface area contributed by atoms with Crippen molar-refractivity contribution >= 4 is 11.9 Å². The lowest BCUT2D eigenvalue weighted by Gasteiger charge is -2.27. The van der Waals surface area contributed by atoms with Crippen LogP contribution in [-0.4, -0.2) is 36.4 Å². The van der Waals surface area contributed by atoms with Crippen molar-refractivity contribution in [1.82, 2.24) is 0 Å². The molecule has 2 rings (SSSR count). The molecule has 2 heterocycles. The third-order valence-corrected chi connectivity index (χ3v) is 3.16. The van der Waals surface area contributed by atoms with E-state index in [4.69, 9.17) is 14.6 Å². The van der Waals surface area contributed by atoms with Crippen molar-refractivity contribution in [2.75, 3.05) is 13.2 Å². The van der Waals surface area contributed by atoms with Gasteiger partial charge in [-0.05, 0) is 18.8 Å². The van der Waals surface area contributed by atoms with Gasteiger partial charge in [0.15, 0.2) is 0 Å². The van der Waals surface area contributed by atoms with Crippen molar-refractivity contribution in [1.29, 1.82) is 0 Å². The van der Waals surface area contributed by atoms with E-state index in [1.54, 1.807) is 0 Å². The lowest BCUT2D eigenvalue weighted by molar-refractivity contribution is -0.159. The normalized spacial score (nSPS) is 32.7. The molecule has 0 spiro atoms. The van der Waals surface area contributed by atoms with Gasteiger partial charge >= 0.3 is 11.9 Å². The number of hydrogen-bond donors (Lipinski definition) is 1. The molecule has 2 saturated heterocycles. The van der Waals surface area contributed by atoms with E-state index in [-0.39, 0.29) is 24.2 Å². The molecule has 2 fully saturated rings. The zero-order valence-corrected chi connectivity index (χ0v) is 8.35. The van der Waals surface area contributed by atoms with Crippen molar-refractivity contribution in [3.8, 4) is 0 Å². The van der Waals surface area contributed by atoms with Crippen molar-refractivity contribution in [3.05, 3.63) is 0 Å². The molecule has 2 aliphatic rings. The van der Waals surface area contributed by atoms with Gasteiger partial charge in [-0.2, -0.15) is 0 Å².